The second kappa shape index (κ2) is 6.61. The fourth-order valence-corrected chi connectivity index (χ4v) is 1.94. The van der Waals surface area contributed by atoms with Crippen LogP contribution in [0.4, 0.5) is 8.78 Å². The van der Waals surface area contributed by atoms with Gasteiger partial charge in [-0.2, -0.15) is 0 Å². The van der Waals surface area contributed by atoms with E-state index in [1.807, 2.05) is 6.92 Å². The highest BCUT2D eigenvalue weighted by molar-refractivity contribution is 5.58. The van der Waals surface area contributed by atoms with Gasteiger partial charge in [0, 0.05) is 12.5 Å². The van der Waals surface area contributed by atoms with Gasteiger partial charge >= 0.3 is 0 Å². The highest BCUT2D eigenvalue weighted by Crippen LogP contribution is 2.26. The first-order valence-electron chi connectivity index (χ1n) is 6.73. The number of aryl methyl sites for hydroxylation is 2. The molecule has 0 bridgehead atoms. The van der Waals surface area contributed by atoms with Crippen molar-refractivity contribution in [2.75, 3.05) is 13.1 Å². The number of halogens is 2. The van der Waals surface area contributed by atoms with Crippen molar-refractivity contribution in [1.82, 2.24) is 10.3 Å². The minimum absolute atomic E-state index is 0.245. The van der Waals surface area contributed by atoms with Crippen LogP contribution in [0.1, 0.15) is 24.8 Å². The molecule has 1 aromatic heterocycles. The third-order valence-electron chi connectivity index (χ3n) is 3.06. The molecular weight excluding hydrogens is 262 g/mol. The van der Waals surface area contributed by atoms with E-state index in [1.54, 1.807) is 6.92 Å². The van der Waals surface area contributed by atoms with Gasteiger partial charge < -0.3 is 9.73 Å². The molecule has 0 aliphatic carbocycles. The fourth-order valence-electron chi connectivity index (χ4n) is 1.94. The van der Waals surface area contributed by atoms with Crippen LogP contribution in [0, 0.1) is 18.6 Å². The summed E-state index contributed by atoms with van der Waals surface area (Å²) in [6.45, 7) is 5.45. The summed E-state index contributed by atoms with van der Waals surface area (Å²) >= 11 is 0. The molecule has 2 rings (SSSR count). The predicted octanol–water partition coefficient (Wildman–Crippen LogP) is 3.47. The van der Waals surface area contributed by atoms with Gasteiger partial charge in [0.2, 0.25) is 0 Å². The van der Waals surface area contributed by atoms with Gasteiger partial charge in [-0.25, -0.2) is 13.8 Å². The molecule has 5 heteroatoms. The minimum Gasteiger partial charge on any atom is -0.441 e. The van der Waals surface area contributed by atoms with Gasteiger partial charge in [-0.05, 0) is 38.1 Å². The van der Waals surface area contributed by atoms with Crippen molar-refractivity contribution < 1.29 is 13.2 Å². The number of aromatic nitrogens is 1. The van der Waals surface area contributed by atoms with E-state index in [1.165, 1.54) is 12.3 Å². The molecule has 2 aromatic rings. The molecule has 0 unspecified atom stereocenters. The third-order valence-corrected chi connectivity index (χ3v) is 3.06. The molecule has 0 fully saturated rings. The van der Waals surface area contributed by atoms with Crippen molar-refractivity contribution in [2.24, 2.45) is 0 Å². The second-order valence-corrected chi connectivity index (χ2v) is 4.66. The van der Waals surface area contributed by atoms with E-state index in [4.69, 9.17) is 4.42 Å². The van der Waals surface area contributed by atoms with Crippen molar-refractivity contribution in [3.63, 3.8) is 0 Å². The summed E-state index contributed by atoms with van der Waals surface area (Å²) in [6.07, 6.45) is 3.08. The largest absolute Gasteiger partial charge is 0.441 e. The van der Waals surface area contributed by atoms with Crippen molar-refractivity contribution in [1.29, 1.82) is 0 Å². The average Bonchev–Trinajstić information content (AvgIpc) is 2.87. The lowest BCUT2D eigenvalue weighted by molar-refractivity contribution is 0.489. The molecule has 0 atom stereocenters. The molecule has 1 N–H and O–H groups in total. The summed E-state index contributed by atoms with van der Waals surface area (Å²) in [4.78, 5) is 4.13. The zero-order valence-electron chi connectivity index (χ0n) is 11.7. The van der Waals surface area contributed by atoms with Gasteiger partial charge in [0.05, 0.1) is 11.8 Å². The Morgan fingerprint density at radius 2 is 2.05 bits per heavy atom. The molecule has 0 spiro atoms. The van der Waals surface area contributed by atoms with Crippen molar-refractivity contribution in [3.8, 4) is 11.3 Å². The lowest BCUT2D eigenvalue weighted by Crippen LogP contribution is -2.14. The van der Waals surface area contributed by atoms with Crippen LogP contribution >= 0.6 is 0 Å². The zero-order valence-corrected chi connectivity index (χ0v) is 11.7. The molecule has 108 valence electrons. The van der Waals surface area contributed by atoms with Gasteiger partial charge in [0.1, 0.15) is 11.6 Å². The number of nitrogens with zero attached hydrogens (tertiary/aromatic N) is 1. The van der Waals surface area contributed by atoms with Crippen molar-refractivity contribution in [2.45, 2.75) is 26.7 Å². The van der Waals surface area contributed by atoms with Crippen molar-refractivity contribution >= 4 is 0 Å². The topological polar surface area (TPSA) is 38.1 Å². The Morgan fingerprint density at radius 1 is 1.25 bits per heavy atom. The predicted molar refractivity (Wildman–Crippen MR) is 73.5 cm³/mol. The Bertz CT molecular complexity index is 581. The van der Waals surface area contributed by atoms with Crippen LogP contribution in [-0.4, -0.2) is 18.1 Å². The molecule has 0 amide bonds. The molecule has 0 aliphatic heterocycles. The summed E-state index contributed by atoms with van der Waals surface area (Å²) in [5.74, 6) is -0.289. The Balaban J connectivity index is 2.10. The Morgan fingerprint density at radius 3 is 2.80 bits per heavy atom. The molecule has 0 radical (unpaired) electrons. The standard InChI is InChI=1S/C15H18F2N2O/c1-3-18-6-4-5-15-19-9-14(20-15)11-7-10(2)12(16)8-13(11)17/h7-9,18H,3-6H2,1-2H3. The van der Waals surface area contributed by atoms with Gasteiger partial charge in [-0.15, -0.1) is 0 Å². The summed E-state index contributed by atoms with van der Waals surface area (Å²) in [5, 5.41) is 3.21. The molecule has 20 heavy (non-hydrogen) atoms. The van der Waals surface area contributed by atoms with Crippen LogP contribution in [0.25, 0.3) is 11.3 Å². The van der Waals surface area contributed by atoms with Crippen LogP contribution in [0.15, 0.2) is 22.7 Å². The minimum atomic E-state index is -0.636. The highest BCUT2D eigenvalue weighted by Gasteiger charge is 2.13. The fraction of sp³-hybridized carbons (Fsp3) is 0.400. The first kappa shape index (κ1) is 14.7. The first-order chi connectivity index (χ1) is 9.61. The van der Waals surface area contributed by atoms with E-state index in [-0.39, 0.29) is 5.56 Å². The SMILES string of the molecule is CCNCCCc1ncc(-c2cc(C)c(F)cc2F)o1. The lowest BCUT2D eigenvalue weighted by Gasteiger charge is -2.02. The van der Waals surface area contributed by atoms with Crippen LogP contribution in [-0.2, 0) is 6.42 Å². The van der Waals surface area contributed by atoms with E-state index in [2.05, 4.69) is 10.3 Å². The van der Waals surface area contributed by atoms with Crippen LogP contribution < -0.4 is 5.32 Å². The number of hydrogen-bond acceptors (Lipinski definition) is 3. The molecular formula is C15H18F2N2O. The van der Waals surface area contributed by atoms with Crippen LogP contribution in [0.3, 0.4) is 0 Å². The monoisotopic (exact) mass is 280 g/mol. The number of rotatable bonds is 6. The molecule has 1 aromatic carbocycles. The number of nitrogens with one attached hydrogen (secondary N) is 1. The summed E-state index contributed by atoms with van der Waals surface area (Å²) in [6, 6.07) is 2.31. The Labute approximate surface area is 117 Å². The molecule has 0 aliphatic rings. The average molecular weight is 280 g/mol. The van der Waals surface area contributed by atoms with Gasteiger partial charge in [0.25, 0.3) is 0 Å². The molecule has 1 heterocycles. The number of oxazole rings is 1. The summed E-state index contributed by atoms with van der Waals surface area (Å²) < 4.78 is 32.5. The van der Waals surface area contributed by atoms with Crippen LogP contribution in [0.5, 0.6) is 0 Å². The second-order valence-electron chi connectivity index (χ2n) is 4.66. The molecule has 0 saturated carbocycles. The quantitative estimate of drug-likeness (QED) is 0.823. The van der Waals surface area contributed by atoms with E-state index >= 15 is 0 Å². The smallest absolute Gasteiger partial charge is 0.194 e. The van der Waals surface area contributed by atoms with Gasteiger partial charge in [-0.3, -0.25) is 0 Å². The Hall–Kier alpha value is -1.75. The maximum absolute atomic E-state index is 13.7. The van der Waals surface area contributed by atoms with Crippen LogP contribution in [0.2, 0.25) is 0 Å². The molecule has 0 saturated heterocycles. The van der Waals surface area contributed by atoms with Gasteiger partial charge in [-0.1, -0.05) is 6.92 Å². The lowest BCUT2D eigenvalue weighted by atomic mass is 10.1. The number of hydrogen-bond donors (Lipinski definition) is 1. The number of benzene rings is 1. The van der Waals surface area contributed by atoms with E-state index in [0.29, 0.717) is 23.6 Å². The third kappa shape index (κ3) is 3.42. The summed E-state index contributed by atoms with van der Waals surface area (Å²) in [7, 11) is 0. The van der Waals surface area contributed by atoms with Crippen molar-refractivity contribution in [3.05, 3.63) is 41.4 Å². The van der Waals surface area contributed by atoms with E-state index in [9.17, 15) is 8.78 Å². The Kier molecular flexibility index (Phi) is 4.84. The maximum Gasteiger partial charge on any atom is 0.194 e. The van der Waals surface area contributed by atoms with E-state index < -0.39 is 11.6 Å². The maximum atomic E-state index is 13.7. The van der Waals surface area contributed by atoms with E-state index in [0.717, 1.165) is 25.6 Å². The molecule has 3 nitrogen and oxygen atoms in total. The first-order valence-corrected chi connectivity index (χ1v) is 6.73. The van der Waals surface area contributed by atoms with Gasteiger partial charge in [0.15, 0.2) is 11.7 Å². The zero-order chi connectivity index (χ0) is 14.5. The summed E-state index contributed by atoms with van der Waals surface area (Å²) in [5.41, 5.74) is 0.626. The normalized spacial score (nSPS) is 11.0. The highest BCUT2D eigenvalue weighted by atomic mass is 19.1.